The van der Waals surface area contributed by atoms with E-state index in [4.69, 9.17) is 10.5 Å². The monoisotopic (exact) mass is 954 g/mol. The smallest absolute Gasteiger partial charge is 0.163 e. The number of aliphatic hydroxyl groups excluding tert-OH is 2. The molecule has 70 heavy (non-hydrogen) atoms. The molecular weight excluding hydrogens is 875 g/mol. The zero-order valence-corrected chi connectivity index (χ0v) is 41.6. The van der Waals surface area contributed by atoms with Crippen LogP contribution in [-0.2, 0) is 35.3 Å². The highest BCUT2D eigenvalue weighted by Crippen LogP contribution is 2.53. The molecule has 11 nitrogen and oxygen atoms in total. The Morgan fingerprint density at radius 2 is 1.79 bits per heavy atom. The number of Topliss-reactive ketones (excluding diaryl/α,β-unsaturated/α-hetero) is 1. The van der Waals surface area contributed by atoms with Gasteiger partial charge in [-0.2, -0.15) is 0 Å². The fraction of sp³-hybridized carbons (Fsp3) is 0.525. The Labute approximate surface area is 416 Å². The molecular formula is C59H79N5O6. The van der Waals surface area contributed by atoms with Gasteiger partial charge in [-0.05, 0) is 201 Å². The van der Waals surface area contributed by atoms with Crippen LogP contribution >= 0.6 is 0 Å². The van der Waals surface area contributed by atoms with Crippen molar-refractivity contribution in [2.45, 2.75) is 128 Å². The van der Waals surface area contributed by atoms with E-state index in [0.29, 0.717) is 71.8 Å². The first-order chi connectivity index (χ1) is 34.0. The van der Waals surface area contributed by atoms with Gasteiger partial charge in [-0.3, -0.25) is 9.59 Å². The molecule has 1 saturated heterocycles. The molecule has 3 fully saturated rings. The topological polar surface area (TPSA) is 178 Å². The van der Waals surface area contributed by atoms with Crippen LogP contribution in [0.4, 0.5) is 0 Å². The number of ketones is 2. The highest BCUT2D eigenvalue weighted by atomic mass is 16.5. The number of phenols is 1. The highest BCUT2D eigenvalue weighted by Gasteiger charge is 2.49. The first-order valence-corrected chi connectivity index (χ1v) is 26.3. The zero-order valence-electron chi connectivity index (χ0n) is 41.6. The van der Waals surface area contributed by atoms with Crippen LogP contribution in [0.5, 0.6) is 11.5 Å². The molecule has 3 heterocycles. The molecule has 0 aromatic heterocycles. The lowest BCUT2D eigenvalue weighted by molar-refractivity contribution is -0.124. The Kier molecular flexibility index (Phi) is 18.0. The number of ether oxygens (including phenoxy) is 1. The van der Waals surface area contributed by atoms with Crippen LogP contribution < -0.4 is 31.7 Å². The van der Waals surface area contributed by atoms with Gasteiger partial charge in [-0.15, -0.1) is 0 Å². The van der Waals surface area contributed by atoms with Gasteiger partial charge >= 0.3 is 0 Å². The molecule has 3 aromatic rings. The summed E-state index contributed by atoms with van der Waals surface area (Å²) in [5, 5.41) is 46.5. The third kappa shape index (κ3) is 13.5. The Balaban J connectivity index is 0.920. The van der Waals surface area contributed by atoms with Crippen LogP contribution in [-0.4, -0.2) is 91.1 Å². The Hall–Kier alpha value is -4.88. The van der Waals surface area contributed by atoms with Crippen LogP contribution in [0.3, 0.4) is 0 Å². The maximum atomic E-state index is 13.8. The van der Waals surface area contributed by atoms with Crippen LogP contribution in [0.2, 0.25) is 0 Å². The van der Waals surface area contributed by atoms with Crippen LogP contribution in [0.15, 0.2) is 108 Å². The Morgan fingerprint density at radius 1 is 1.00 bits per heavy atom. The maximum Gasteiger partial charge on any atom is 0.163 e. The molecule has 9 N–H and O–H groups in total. The van der Waals surface area contributed by atoms with Crippen molar-refractivity contribution < 1.29 is 29.6 Å². The van der Waals surface area contributed by atoms with Crippen LogP contribution in [0, 0.1) is 29.1 Å². The SMILES string of the molecule is COc1cc(C(=CC(=O)CC(=O)CCCC2(CC3C4CCNCC4CC4C=CCNC43)CCC(NCC(C)O)C2)CO)c(CC2=CNC(N)C=C2CCc2cccc(CCc3ccccc3)c2)cc1O. The number of carbonyl (C=O) groups is 2. The first-order valence-electron chi connectivity index (χ1n) is 26.3. The summed E-state index contributed by atoms with van der Waals surface area (Å²) in [6.07, 6.45) is 21.8. The van der Waals surface area contributed by atoms with Crippen molar-refractivity contribution in [3.8, 4) is 11.5 Å². The molecule has 0 amide bonds. The third-order valence-electron chi connectivity index (χ3n) is 16.3. The first kappa shape index (κ1) is 51.5. The zero-order chi connectivity index (χ0) is 49.0. The van der Waals surface area contributed by atoms with Crippen molar-refractivity contribution in [1.82, 2.24) is 21.3 Å². The van der Waals surface area contributed by atoms with Gasteiger partial charge in [0.25, 0.3) is 0 Å². The summed E-state index contributed by atoms with van der Waals surface area (Å²) < 4.78 is 5.52. The van der Waals surface area contributed by atoms with E-state index in [9.17, 15) is 24.9 Å². The number of benzene rings is 3. The predicted molar refractivity (Wildman–Crippen MR) is 279 cm³/mol. The number of aryl methyl sites for hydroxylation is 3. The van der Waals surface area contributed by atoms with E-state index < -0.39 is 12.7 Å². The summed E-state index contributed by atoms with van der Waals surface area (Å²) in [7, 11) is 1.47. The summed E-state index contributed by atoms with van der Waals surface area (Å²) >= 11 is 0. The fourth-order valence-corrected chi connectivity index (χ4v) is 12.9. The minimum absolute atomic E-state index is 0.0465. The average Bonchev–Trinajstić information content (AvgIpc) is 3.77. The van der Waals surface area contributed by atoms with E-state index in [1.54, 1.807) is 12.1 Å². The summed E-state index contributed by atoms with van der Waals surface area (Å²) in [6.45, 7) is 5.05. The van der Waals surface area contributed by atoms with Gasteiger partial charge in [-0.25, -0.2) is 0 Å². The van der Waals surface area contributed by atoms with Crippen LogP contribution in [0.1, 0.15) is 105 Å². The van der Waals surface area contributed by atoms with Crippen molar-refractivity contribution in [3.05, 3.63) is 136 Å². The molecule has 2 saturated carbocycles. The molecule has 376 valence electrons. The second-order valence-electron chi connectivity index (χ2n) is 21.3. The van der Waals surface area contributed by atoms with Crippen molar-refractivity contribution in [2.24, 2.45) is 34.8 Å². The number of aromatic hydroxyl groups is 1. The molecule has 8 rings (SSSR count). The van der Waals surface area contributed by atoms with Crippen molar-refractivity contribution in [1.29, 1.82) is 0 Å². The normalized spacial score (nSPS) is 26.9. The number of aliphatic hydroxyl groups is 2. The summed E-state index contributed by atoms with van der Waals surface area (Å²) in [5.74, 6) is 2.20. The largest absolute Gasteiger partial charge is 0.504 e. The Morgan fingerprint density at radius 3 is 2.57 bits per heavy atom. The van der Waals surface area contributed by atoms with Gasteiger partial charge in [0, 0.05) is 37.8 Å². The molecule has 9 unspecified atom stereocenters. The second-order valence-corrected chi connectivity index (χ2v) is 21.3. The lowest BCUT2D eigenvalue weighted by atomic mass is 9.57. The van der Waals surface area contributed by atoms with E-state index in [1.165, 1.54) is 42.7 Å². The minimum atomic E-state index is -0.440. The lowest BCUT2D eigenvalue weighted by Crippen LogP contribution is -2.56. The number of carbonyl (C=O) groups excluding carboxylic acids is 2. The Bertz CT molecular complexity index is 2380. The summed E-state index contributed by atoms with van der Waals surface area (Å²) in [5.41, 5.74) is 14.1. The molecule has 3 aromatic carbocycles. The highest BCUT2D eigenvalue weighted by molar-refractivity contribution is 6.07. The molecule has 0 spiro atoms. The maximum absolute atomic E-state index is 13.8. The van der Waals surface area contributed by atoms with Gasteiger partial charge in [0.2, 0.25) is 0 Å². The van der Waals surface area contributed by atoms with Crippen molar-refractivity contribution >= 4 is 17.1 Å². The van der Waals surface area contributed by atoms with E-state index in [2.05, 4.69) is 82.0 Å². The summed E-state index contributed by atoms with van der Waals surface area (Å²) in [6, 6.07) is 23.4. The number of dihydropyridines is 1. The molecule has 5 aliphatic rings. The standard InChI is InChI=1S/C59H79N5O6/c1-39(66)35-63-49-19-22-59(33-49,34-54-52-20-24-61-36-47(52)26-44-13-8-23-62-58(44)54)21-7-14-50(67)31-51(68)28-48(38-65)53-32-56(70-2)55(69)29-45(53)27-46-37-64-57(60)30-43(46)18-17-42-12-6-11-41(25-42)16-15-40-9-4-3-5-10-40/h3-6,8-13,25,28-30,32,37,39,44,47,49,52,54,57-58,61-66,69H,7,14-24,26-27,31,33-36,38,60H2,1-2H3. The number of phenolic OH excluding ortho intramolecular Hbond substituents is 1. The van der Waals surface area contributed by atoms with E-state index in [-0.39, 0.29) is 41.1 Å². The molecule has 11 heteroatoms. The lowest BCUT2D eigenvalue weighted by Gasteiger charge is -2.52. The number of rotatable bonds is 23. The molecule has 0 bridgehead atoms. The molecule has 0 radical (unpaired) electrons. The predicted octanol–water partition coefficient (Wildman–Crippen LogP) is 7.42. The van der Waals surface area contributed by atoms with E-state index >= 15 is 0 Å². The van der Waals surface area contributed by atoms with Gasteiger partial charge in [0.15, 0.2) is 17.3 Å². The van der Waals surface area contributed by atoms with E-state index in [1.807, 2.05) is 25.3 Å². The summed E-state index contributed by atoms with van der Waals surface area (Å²) in [4.78, 5) is 27.5. The van der Waals surface area contributed by atoms with Gasteiger partial charge in [-0.1, -0.05) is 66.7 Å². The second kappa shape index (κ2) is 24.5. The van der Waals surface area contributed by atoms with Gasteiger partial charge < -0.3 is 47.1 Å². The molecule has 9 atom stereocenters. The number of nitrogens with one attached hydrogen (secondary N) is 4. The molecule has 2 aliphatic carbocycles. The average molecular weight is 954 g/mol. The number of allylic oxidation sites excluding steroid dienone is 3. The number of methoxy groups -OCH3 is 1. The quantitative estimate of drug-likeness (QED) is 0.0270. The number of hydrogen-bond acceptors (Lipinski definition) is 11. The molecule has 3 aliphatic heterocycles. The minimum Gasteiger partial charge on any atom is -0.504 e. The number of piperidine rings is 1. The third-order valence-corrected chi connectivity index (χ3v) is 16.3. The number of hydrogen-bond donors (Lipinski definition) is 8. The number of fused-ring (bicyclic) bond motifs is 2. The van der Waals surface area contributed by atoms with Crippen LogP contribution in [0.25, 0.3) is 5.57 Å². The van der Waals surface area contributed by atoms with Gasteiger partial charge in [0.05, 0.1) is 32.4 Å². The van der Waals surface area contributed by atoms with Crippen molar-refractivity contribution in [3.63, 3.8) is 0 Å². The van der Waals surface area contributed by atoms with Crippen molar-refractivity contribution in [2.75, 3.05) is 39.9 Å². The number of nitrogens with two attached hydrogens (primary N) is 1. The van der Waals surface area contributed by atoms with Gasteiger partial charge in [0.1, 0.15) is 5.78 Å². The van der Waals surface area contributed by atoms with E-state index in [0.717, 1.165) is 95.0 Å². The fourth-order valence-electron chi connectivity index (χ4n) is 12.9.